The van der Waals surface area contributed by atoms with E-state index in [0.29, 0.717) is 11.3 Å². The van der Waals surface area contributed by atoms with E-state index in [2.05, 4.69) is 20.8 Å². The fourth-order valence-electron chi connectivity index (χ4n) is 1.32. The van der Waals surface area contributed by atoms with E-state index in [1.807, 2.05) is 12.1 Å². The Morgan fingerprint density at radius 2 is 1.93 bits per heavy atom. The molecule has 0 saturated heterocycles. The summed E-state index contributed by atoms with van der Waals surface area (Å²) in [6.07, 6.45) is 0. The van der Waals surface area contributed by atoms with Crippen LogP contribution in [0.2, 0.25) is 0 Å². The highest BCUT2D eigenvalue weighted by Crippen LogP contribution is 2.29. The second-order valence-corrected chi connectivity index (χ2v) is 4.78. The molecule has 15 heavy (non-hydrogen) atoms. The van der Waals surface area contributed by atoms with Crippen LogP contribution in [-0.2, 0) is 5.41 Å². The Labute approximate surface area is 95.2 Å². The van der Waals surface area contributed by atoms with Crippen molar-refractivity contribution >= 4 is 16.8 Å². The molecule has 0 spiro atoms. The Morgan fingerprint density at radius 1 is 1.33 bits per heavy atom. The lowest BCUT2D eigenvalue weighted by Gasteiger charge is -2.20. The molecule has 1 aromatic carbocycles. The minimum absolute atomic E-state index is 0.0289. The zero-order valence-electron chi connectivity index (χ0n) is 9.43. The molecule has 0 fully saturated rings. The summed E-state index contributed by atoms with van der Waals surface area (Å²) in [5, 5.41) is -0.493. The lowest BCUT2D eigenvalue weighted by atomic mass is 9.86. The highest BCUT2D eigenvalue weighted by Gasteiger charge is 2.17. The molecular weight excluding hydrogens is 212 g/mol. The molecule has 0 N–H and O–H groups in total. The number of rotatable bonds is 2. The summed E-state index contributed by atoms with van der Waals surface area (Å²) in [6, 6.07) is 5.46. The van der Waals surface area contributed by atoms with Gasteiger partial charge in [0.05, 0.1) is 12.7 Å². The van der Waals surface area contributed by atoms with Gasteiger partial charge in [-0.1, -0.05) is 26.8 Å². The molecular formula is C12H15ClO2. The van der Waals surface area contributed by atoms with Gasteiger partial charge in [-0.2, -0.15) is 0 Å². The maximum Gasteiger partial charge on any atom is 0.256 e. The van der Waals surface area contributed by atoms with Gasteiger partial charge in [0, 0.05) is 0 Å². The Balaban J connectivity index is 3.25. The lowest BCUT2D eigenvalue weighted by molar-refractivity contribution is 0.107. The van der Waals surface area contributed by atoms with Crippen molar-refractivity contribution < 1.29 is 9.53 Å². The first kappa shape index (κ1) is 12.1. The molecule has 0 heterocycles. The van der Waals surface area contributed by atoms with Crippen LogP contribution in [0.5, 0.6) is 5.75 Å². The quantitative estimate of drug-likeness (QED) is 0.723. The van der Waals surface area contributed by atoms with E-state index in [9.17, 15) is 4.79 Å². The number of halogens is 1. The Bertz CT molecular complexity index is 378. The topological polar surface area (TPSA) is 26.3 Å². The molecule has 82 valence electrons. The number of ether oxygens (including phenoxy) is 1. The summed E-state index contributed by atoms with van der Waals surface area (Å²) >= 11 is 5.43. The number of carbonyl (C=O) groups excluding carboxylic acids is 1. The Kier molecular flexibility index (Phi) is 3.40. The zero-order chi connectivity index (χ0) is 11.6. The molecule has 0 unspecified atom stereocenters. The van der Waals surface area contributed by atoms with Crippen molar-refractivity contribution in [2.75, 3.05) is 7.11 Å². The summed E-state index contributed by atoms with van der Waals surface area (Å²) in [4.78, 5) is 11.1. The standard InChI is InChI=1S/C12H15ClO2/c1-12(2,3)8-5-6-9(11(13)14)10(7-8)15-4/h5-7H,1-4H3. The van der Waals surface area contributed by atoms with Gasteiger partial charge in [-0.15, -0.1) is 0 Å². The number of carbonyl (C=O) groups is 1. The number of methoxy groups -OCH3 is 1. The first-order chi connectivity index (χ1) is 6.86. The van der Waals surface area contributed by atoms with Gasteiger partial charge in [0.25, 0.3) is 5.24 Å². The molecule has 0 aliphatic rings. The highest BCUT2D eigenvalue weighted by atomic mass is 35.5. The highest BCUT2D eigenvalue weighted by molar-refractivity contribution is 6.68. The van der Waals surface area contributed by atoms with E-state index in [1.54, 1.807) is 6.07 Å². The van der Waals surface area contributed by atoms with Gasteiger partial charge < -0.3 is 4.74 Å². The van der Waals surface area contributed by atoms with Crippen molar-refractivity contribution in [2.24, 2.45) is 0 Å². The van der Waals surface area contributed by atoms with E-state index < -0.39 is 5.24 Å². The lowest BCUT2D eigenvalue weighted by Crippen LogP contribution is -2.11. The van der Waals surface area contributed by atoms with Crippen molar-refractivity contribution in [3.05, 3.63) is 29.3 Å². The van der Waals surface area contributed by atoms with Crippen LogP contribution in [0.3, 0.4) is 0 Å². The minimum atomic E-state index is -0.493. The van der Waals surface area contributed by atoms with Crippen molar-refractivity contribution in [3.8, 4) is 5.75 Å². The second-order valence-electron chi connectivity index (χ2n) is 4.44. The molecule has 0 bridgehead atoms. The summed E-state index contributed by atoms with van der Waals surface area (Å²) < 4.78 is 5.14. The van der Waals surface area contributed by atoms with Crippen LogP contribution in [0.1, 0.15) is 36.7 Å². The summed E-state index contributed by atoms with van der Waals surface area (Å²) in [5.74, 6) is 0.530. The van der Waals surface area contributed by atoms with E-state index in [1.165, 1.54) is 7.11 Å². The van der Waals surface area contributed by atoms with Crippen LogP contribution in [0.25, 0.3) is 0 Å². The van der Waals surface area contributed by atoms with Crippen LogP contribution in [-0.4, -0.2) is 12.4 Å². The van der Waals surface area contributed by atoms with Crippen molar-refractivity contribution in [3.63, 3.8) is 0 Å². The van der Waals surface area contributed by atoms with Crippen LogP contribution >= 0.6 is 11.6 Å². The van der Waals surface area contributed by atoms with E-state index in [-0.39, 0.29) is 5.41 Å². The molecule has 0 aromatic heterocycles. The van der Waals surface area contributed by atoms with E-state index in [0.717, 1.165) is 5.56 Å². The fourth-order valence-corrected chi connectivity index (χ4v) is 1.48. The molecule has 3 heteroatoms. The predicted molar refractivity (Wildman–Crippen MR) is 61.9 cm³/mol. The van der Waals surface area contributed by atoms with Gasteiger partial charge >= 0.3 is 0 Å². The molecule has 2 nitrogen and oxygen atoms in total. The third-order valence-electron chi connectivity index (χ3n) is 2.28. The van der Waals surface area contributed by atoms with Gasteiger partial charge in [0.1, 0.15) is 5.75 Å². The molecule has 0 aliphatic heterocycles. The van der Waals surface area contributed by atoms with Gasteiger partial charge in [-0.3, -0.25) is 4.79 Å². The third kappa shape index (κ3) is 2.72. The van der Waals surface area contributed by atoms with E-state index >= 15 is 0 Å². The zero-order valence-corrected chi connectivity index (χ0v) is 10.2. The van der Waals surface area contributed by atoms with Gasteiger partial charge in [0.2, 0.25) is 0 Å². The van der Waals surface area contributed by atoms with Gasteiger partial charge in [-0.25, -0.2) is 0 Å². The van der Waals surface area contributed by atoms with Crippen molar-refractivity contribution in [1.29, 1.82) is 0 Å². The molecule has 0 aliphatic carbocycles. The SMILES string of the molecule is COc1cc(C(C)(C)C)ccc1C(=O)Cl. The van der Waals surface area contributed by atoms with E-state index in [4.69, 9.17) is 16.3 Å². The average molecular weight is 227 g/mol. The molecule has 1 rings (SSSR count). The molecule has 0 amide bonds. The number of benzene rings is 1. The predicted octanol–water partition coefficient (Wildman–Crippen LogP) is 3.37. The number of hydrogen-bond acceptors (Lipinski definition) is 2. The fraction of sp³-hybridized carbons (Fsp3) is 0.417. The normalized spacial score (nSPS) is 11.3. The first-order valence-electron chi connectivity index (χ1n) is 4.74. The van der Waals surface area contributed by atoms with Crippen LogP contribution in [0.4, 0.5) is 0 Å². The second kappa shape index (κ2) is 4.23. The van der Waals surface area contributed by atoms with Crippen molar-refractivity contribution in [2.45, 2.75) is 26.2 Å². The Morgan fingerprint density at radius 3 is 2.33 bits per heavy atom. The van der Waals surface area contributed by atoms with Crippen LogP contribution in [0.15, 0.2) is 18.2 Å². The maximum atomic E-state index is 11.1. The Hall–Kier alpha value is -1.02. The molecule has 0 atom stereocenters. The van der Waals surface area contributed by atoms with Crippen LogP contribution in [0, 0.1) is 0 Å². The largest absolute Gasteiger partial charge is 0.496 e. The third-order valence-corrected chi connectivity index (χ3v) is 2.48. The minimum Gasteiger partial charge on any atom is -0.496 e. The van der Waals surface area contributed by atoms with Gasteiger partial charge in [0.15, 0.2) is 0 Å². The molecule has 0 saturated carbocycles. The maximum absolute atomic E-state index is 11.1. The van der Waals surface area contributed by atoms with Crippen LogP contribution < -0.4 is 4.74 Å². The van der Waals surface area contributed by atoms with Gasteiger partial charge in [-0.05, 0) is 34.7 Å². The molecule has 1 aromatic rings. The summed E-state index contributed by atoms with van der Waals surface area (Å²) in [5.41, 5.74) is 1.55. The smallest absolute Gasteiger partial charge is 0.256 e. The summed E-state index contributed by atoms with van der Waals surface area (Å²) in [7, 11) is 1.53. The molecule has 0 radical (unpaired) electrons. The number of hydrogen-bond donors (Lipinski definition) is 0. The van der Waals surface area contributed by atoms with Crippen molar-refractivity contribution in [1.82, 2.24) is 0 Å². The monoisotopic (exact) mass is 226 g/mol. The summed E-state index contributed by atoms with van der Waals surface area (Å²) in [6.45, 7) is 6.30. The average Bonchev–Trinajstić information content (AvgIpc) is 2.15. The first-order valence-corrected chi connectivity index (χ1v) is 5.12.